The second-order valence-corrected chi connectivity index (χ2v) is 5.22. The Balaban J connectivity index is 2.19. The van der Waals surface area contributed by atoms with Crippen LogP contribution in [-0.4, -0.2) is 37.6 Å². The number of likely N-dealkylation sites (N-methyl/N-ethyl adjacent to an activating group) is 1. The maximum atomic E-state index is 3.74. The lowest BCUT2D eigenvalue weighted by molar-refractivity contribution is 0.267. The SMILES string of the molecule is CCC1CCC(NCC(CC)N(C)C)C1. The van der Waals surface area contributed by atoms with Gasteiger partial charge in [-0.15, -0.1) is 0 Å². The van der Waals surface area contributed by atoms with E-state index in [9.17, 15) is 0 Å². The van der Waals surface area contributed by atoms with Crippen molar-refractivity contribution >= 4 is 0 Å². The van der Waals surface area contributed by atoms with Gasteiger partial charge in [0.25, 0.3) is 0 Å². The Labute approximate surface area is 95.4 Å². The van der Waals surface area contributed by atoms with E-state index in [1.54, 1.807) is 0 Å². The fraction of sp³-hybridized carbons (Fsp3) is 1.00. The first-order chi connectivity index (χ1) is 7.17. The molecule has 15 heavy (non-hydrogen) atoms. The van der Waals surface area contributed by atoms with Crippen molar-refractivity contribution in [3.05, 3.63) is 0 Å². The molecule has 1 aliphatic carbocycles. The van der Waals surface area contributed by atoms with Gasteiger partial charge in [0.05, 0.1) is 0 Å². The zero-order valence-corrected chi connectivity index (χ0v) is 10.9. The molecule has 0 aromatic rings. The van der Waals surface area contributed by atoms with Gasteiger partial charge >= 0.3 is 0 Å². The average molecular weight is 212 g/mol. The third-order valence-corrected chi connectivity index (χ3v) is 3.96. The molecule has 3 atom stereocenters. The number of hydrogen-bond donors (Lipinski definition) is 1. The molecule has 1 saturated carbocycles. The van der Waals surface area contributed by atoms with Gasteiger partial charge in [0, 0.05) is 18.6 Å². The topological polar surface area (TPSA) is 15.3 Å². The van der Waals surface area contributed by atoms with Gasteiger partial charge in [0.15, 0.2) is 0 Å². The number of nitrogens with one attached hydrogen (secondary N) is 1. The summed E-state index contributed by atoms with van der Waals surface area (Å²) < 4.78 is 0. The van der Waals surface area contributed by atoms with Crippen LogP contribution >= 0.6 is 0 Å². The van der Waals surface area contributed by atoms with E-state index in [4.69, 9.17) is 0 Å². The van der Waals surface area contributed by atoms with E-state index in [0.717, 1.165) is 18.5 Å². The zero-order valence-electron chi connectivity index (χ0n) is 10.9. The Kier molecular flexibility index (Phi) is 5.62. The van der Waals surface area contributed by atoms with Gasteiger partial charge in [-0.25, -0.2) is 0 Å². The van der Waals surface area contributed by atoms with E-state index >= 15 is 0 Å². The summed E-state index contributed by atoms with van der Waals surface area (Å²) in [5.74, 6) is 0.988. The van der Waals surface area contributed by atoms with Gasteiger partial charge in [0.1, 0.15) is 0 Å². The number of hydrogen-bond acceptors (Lipinski definition) is 2. The zero-order chi connectivity index (χ0) is 11.3. The van der Waals surface area contributed by atoms with E-state index in [0.29, 0.717) is 6.04 Å². The Bertz CT molecular complexity index is 168. The van der Waals surface area contributed by atoms with E-state index in [2.05, 4.69) is 38.2 Å². The van der Waals surface area contributed by atoms with E-state index in [1.807, 2.05) is 0 Å². The van der Waals surface area contributed by atoms with E-state index in [-0.39, 0.29) is 0 Å². The molecule has 2 nitrogen and oxygen atoms in total. The highest BCUT2D eigenvalue weighted by Gasteiger charge is 2.23. The molecule has 0 aromatic carbocycles. The van der Waals surface area contributed by atoms with Crippen molar-refractivity contribution in [2.45, 2.75) is 58.0 Å². The fourth-order valence-corrected chi connectivity index (χ4v) is 2.63. The minimum Gasteiger partial charge on any atom is -0.312 e. The molecule has 0 heterocycles. The molecule has 0 amide bonds. The smallest absolute Gasteiger partial charge is 0.0212 e. The fourth-order valence-electron chi connectivity index (χ4n) is 2.63. The van der Waals surface area contributed by atoms with Crippen molar-refractivity contribution in [1.29, 1.82) is 0 Å². The highest BCUT2D eigenvalue weighted by atomic mass is 15.1. The molecule has 0 bridgehead atoms. The molecule has 3 unspecified atom stereocenters. The Morgan fingerprint density at radius 3 is 2.47 bits per heavy atom. The van der Waals surface area contributed by atoms with Crippen LogP contribution in [0, 0.1) is 5.92 Å². The average Bonchev–Trinajstić information content (AvgIpc) is 2.66. The minimum atomic E-state index is 0.700. The van der Waals surface area contributed by atoms with Crippen LogP contribution in [0.5, 0.6) is 0 Å². The highest BCUT2D eigenvalue weighted by Crippen LogP contribution is 2.27. The third-order valence-electron chi connectivity index (χ3n) is 3.96. The van der Waals surface area contributed by atoms with E-state index < -0.39 is 0 Å². The molecule has 1 aliphatic rings. The third kappa shape index (κ3) is 4.12. The molecular formula is C13H28N2. The van der Waals surface area contributed by atoms with Crippen molar-refractivity contribution in [2.75, 3.05) is 20.6 Å². The predicted octanol–water partition coefficient (Wildman–Crippen LogP) is 2.49. The predicted molar refractivity (Wildman–Crippen MR) is 67.2 cm³/mol. The number of nitrogens with zero attached hydrogens (tertiary/aromatic N) is 1. The van der Waals surface area contributed by atoms with Crippen LogP contribution in [0.15, 0.2) is 0 Å². The summed E-state index contributed by atoms with van der Waals surface area (Å²) in [5, 5.41) is 3.74. The molecule has 1 fully saturated rings. The highest BCUT2D eigenvalue weighted by molar-refractivity contribution is 4.81. The lowest BCUT2D eigenvalue weighted by Crippen LogP contribution is -2.40. The maximum Gasteiger partial charge on any atom is 0.0212 e. The summed E-state index contributed by atoms with van der Waals surface area (Å²) in [5.41, 5.74) is 0. The first kappa shape index (κ1) is 13.0. The molecule has 0 aliphatic heterocycles. The molecule has 2 heteroatoms. The lowest BCUT2D eigenvalue weighted by Gasteiger charge is -2.25. The molecule has 0 aromatic heterocycles. The van der Waals surface area contributed by atoms with Crippen molar-refractivity contribution in [3.8, 4) is 0 Å². The van der Waals surface area contributed by atoms with Crippen LogP contribution in [0.25, 0.3) is 0 Å². The van der Waals surface area contributed by atoms with E-state index in [1.165, 1.54) is 32.1 Å². The molecule has 0 radical (unpaired) electrons. The molecule has 1 N–H and O–H groups in total. The quantitative estimate of drug-likeness (QED) is 0.728. The van der Waals surface area contributed by atoms with Crippen LogP contribution in [-0.2, 0) is 0 Å². The molecule has 0 spiro atoms. The van der Waals surface area contributed by atoms with Gasteiger partial charge in [-0.1, -0.05) is 20.3 Å². The molecule has 0 saturated heterocycles. The maximum absolute atomic E-state index is 3.74. The summed E-state index contributed by atoms with van der Waals surface area (Å²) in [6.07, 6.45) is 6.84. The molecule has 1 rings (SSSR count). The summed E-state index contributed by atoms with van der Waals surface area (Å²) in [7, 11) is 4.36. The Morgan fingerprint density at radius 2 is 2.00 bits per heavy atom. The normalized spacial score (nSPS) is 28.6. The minimum absolute atomic E-state index is 0.700. The Morgan fingerprint density at radius 1 is 1.27 bits per heavy atom. The van der Waals surface area contributed by atoms with Gasteiger partial charge in [0.2, 0.25) is 0 Å². The van der Waals surface area contributed by atoms with Gasteiger partial charge in [-0.2, -0.15) is 0 Å². The first-order valence-electron chi connectivity index (χ1n) is 6.57. The van der Waals surface area contributed by atoms with Gasteiger partial charge in [-0.3, -0.25) is 0 Å². The standard InChI is InChI=1S/C13H28N2/c1-5-11-7-8-12(9-11)14-10-13(6-2)15(3)4/h11-14H,5-10H2,1-4H3. The van der Waals surface area contributed by atoms with Crippen molar-refractivity contribution < 1.29 is 0 Å². The first-order valence-corrected chi connectivity index (χ1v) is 6.57. The second kappa shape index (κ2) is 6.49. The van der Waals surface area contributed by atoms with Crippen LogP contribution in [0.2, 0.25) is 0 Å². The largest absolute Gasteiger partial charge is 0.312 e. The molecular weight excluding hydrogens is 184 g/mol. The van der Waals surface area contributed by atoms with Gasteiger partial charge in [-0.05, 0) is 45.7 Å². The summed E-state index contributed by atoms with van der Waals surface area (Å²) in [6.45, 7) is 5.75. The van der Waals surface area contributed by atoms with Crippen LogP contribution in [0.3, 0.4) is 0 Å². The van der Waals surface area contributed by atoms with Crippen LogP contribution in [0.4, 0.5) is 0 Å². The second-order valence-electron chi connectivity index (χ2n) is 5.22. The monoisotopic (exact) mass is 212 g/mol. The molecule has 90 valence electrons. The van der Waals surface area contributed by atoms with Crippen molar-refractivity contribution in [1.82, 2.24) is 10.2 Å². The van der Waals surface area contributed by atoms with Crippen LogP contribution < -0.4 is 5.32 Å². The van der Waals surface area contributed by atoms with Crippen molar-refractivity contribution in [3.63, 3.8) is 0 Å². The summed E-state index contributed by atoms with van der Waals surface area (Å²) in [4.78, 5) is 2.33. The summed E-state index contributed by atoms with van der Waals surface area (Å²) in [6, 6.07) is 1.50. The Hall–Kier alpha value is -0.0800. The van der Waals surface area contributed by atoms with Crippen molar-refractivity contribution in [2.24, 2.45) is 5.92 Å². The lowest BCUT2D eigenvalue weighted by atomic mass is 10.1. The summed E-state index contributed by atoms with van der Waals surface area (Å²) >= 11 is 0. The van der Waals surface area contributed by atoms with Gasteiger partial charge < -0.3 is 10.2 Å². The van der Waals surface area contributed by atoms with Crippen LogP contribution in [0.1, 0.15) is 46.0 Å². The number of rotatable bonds is 6.